The second kappa shape index (κ2) is 5.05. The largest absolute Gasteiger partial charge is 0.497 e. The molecule has 0 aliphatic carbocycles. The van der Waals surface area contributed by atoms with Gasteiger partial charge in [-0.3, -0.25) is 0 Å². The van der Waals surface area contributed by atoms with Crippen molar-refractivity contribution in [2.24, 2.45) is 10.9 Å². The predicted molar refractivity (Wildman–Crippen MR) is 64.6 cm³/mol. The lowest BCUT2D eigenvalue weighted by Gasteiger charge is -2.09. The number of hydrogen-bond donors (Lipinski definition) is 1. The maximum atomic E-state index is 5.55. The van der Waals surface area contributed by atoms with Gasteiger partial charge in [0, 0.05) is 18.5 Å². The number of hydrogen-bond acceptors (Lipinski definition) is 5. The second-order valence-corrected chi connectivity index (χ2v) is 3.77. The topological polar surface area (TPSA) is 66.1 Å². The van der Waals surface area contributed by atoms with Gasteiger partial charge in [-0.05, 0) is 18.2 Å². The van der Waals surface area contributed by atoms with Crippen LogP contribution in [0.15, 0.2) is 23.4 Å². The van der Waals surface area contributed by atoms with Gasteiger partial charge < -0.3 is 20.0 Å². The average Bonchev–Trinajstić information content (AvgIpc) is 2.86. The lowest BCUT2D eigenvalue weighted by Crippen LogP contribution is -2.20. The van der Waals surface area contributed by atoms with Crippen LogP contribution in [0, 0.1) is 0 Å². The van der Waals surface area contributed by atoms with Crippen molar-refractivity contribution in [3.05, 3.63) is 23.8 Å². The molecule has 5 heteroatoms. The SMILES string of the molecule is COc1ccc(OC)c(C2=NOC(CN)C2)c1. The minimum absolute atomic E-state index is 0.0408. The van der Waals surface area contributed by atoms with Crippen LogP contribution in [0.25, 0.3) is 0 Å². The van der Waals surface area contributed by atoms with E-state index in [4.69, 9.17) is 20.0 Å². The van der Waals surface area contributed by atoms with E-state index >= 15 is 0 Å². The van der Waals surface area contributed by atoms with E-state index in [-0.39, 0.29) is 6.10 Å². The van der Waals surface area contributed by atoms with Gasteiger partial charge in [0.15, 0.2) is 0 Å². The lowest BCUT2D eigenvalue weighted by atomic mass is 10.0. The van der Waals surface area contributed by atoms with Crippen molar-refractivity contribution < 1.29 is 14.3 Å². The molecule has 0 fully saturated rings. The summed E-state index contributed by atoms with van der Waals surface area (Å²) in [6.07, 6.45) is 0.654. The molecule has 5 nitrogen and oxygen atoms in total. The number of benzene rings is 1. The third kappa shape index (κ3) is 2.34. The Morgan fingerprint density at radius 2 is 2.24 bits per heavy atom. The fourth-order valence-electron chi connectivity index (χ4n) is 1.75. The van der Waals surface area contributed by atoms with E-state index < -0.39 is 0 Å². The summed E-state index contributed by atoms with van der Waals surface area (Å²) in [5, 5.41) is 4.04. The third-order valence-electron chi connectivity index (χ3n) is 2.71. The van der Waals surface area contributed by atoms with Crippen molar-refractivity contribution in [2.75, 3.05) is 20.8 Å². The van der Waals surface area contributed by atoms with Gasteiger partial charge in [0.05, 0.1) is 19.9 Å². The zero-order valence-electron chi connectivity index (χ0n) is 9.97. The van der Waals surface area contributed by atoms with Crippen molar-refractivity contribution in [2.45, 2.75) is 12.5 Å². The number of ether oxygens (including phenoxy) is 2. The van der Waals surface area contributed by atoms with Crippen molar-refractivity contribution in [3.63, 3.8) is 0 Å². The van der Waals surface area contributed by atoms with Crippen LogP contribution in [0.2, 0.25) is 0 Å². The molecule has 17 heavy (non-hydrogen) atoms. The highest BCUT2D eigenvalue weighted by atomic mass is 16.6. The molecule has 2 rings (SSSR count). The number of nitrogens with two attached hydrogens (primary N) is 1. The molecule has 1 aliphatic heterocycles. The summed E-state index contributed by atoms with van der Waals surface area (Å²) in [5.41, 5.74) is 7.28. The lowest BCUT2D eigenvalue weighted by molar-refractivity contribution is 0.0918. The maximum absolute atomic E-state index is 5.55. The minimum Gasteiger partial charge on any atom is -0.497 e. The van der Waals surface area contributed by atoms with E-state index in [0.29, 0.717) is 13.0 Å². The summed E-state index contributed by atoms with van der Waals surface area (Å²) in [4.78, 5) is 5.21. The molecule has 0 saturated carbocycles. The van der Waals surface area contributed by atoms with E-state index in [2.05, 4.69) is 5.16 Å². The van der Waals surface area contributed by atoms with Gasteiger partial charge in [-0.2, -0.15) is 0 Å². The molecule has 0 amide bonds. The number of oxime groups is 1. The van der Waals surface area contributed by atoms with Gasteiger partial charge in [0.2, 0.25) is 0 Å². The van der Waals surface area contributed by atoms with Gasteiger partial charge in [-0.15, -0.1) is 0 Å². The van der Waals surface area contributed by atoms with Crippen LogP contribution in [0.5, 0.6) is 11.5 Å². The zero-order valence-corrected chi connectivity index (χ0v) is 9.97. The molecule has 0 saturated heterocycles. The first-order valence-electron chi connectivity index (χ1n) is 5.43. The normalized spacial score (nSPS) is 18.5. The molecule has 0 radical (unpaired) electrons. The van der Waals surface area contributed by atoms with Crippen LogP contribution in [0.4, 0.5) is 0 Å². The molecule has 0 bridgehead atoms. The Morgan fingerprint density at radius 3 is 2.82 bits per heavy atom. The van der Waals surface area contributed by atoms with Gasteiger partial charge >= 0.3 is 0 Å². The summed E-state index contributed by atoms with van der Waals surface area (Å²) in [7, 11) is 3.25. The molecule has 1 heterocycles. The quantitative estimate of drug-likeness (QED) is 0.851. The summed E-state index contributed by atoms with van der Waals surface area (Å²) < 4.78 is 10.5. The van der Waals surface area contributed by atoms with Gasteiger partial charge in [0.25, 0.3) is 0 Å². The first-order chi connectivity index (χ1) is 8.28. The Balaban J connectivity index is 2.30. The van der Waals surface area contributed by atoms with E-state index in [0.717, 1.165) is 22.8 Å². The summed E-state index contributed by atoms with van der Waals surface area (Å²) in [5.74, 6) is 1.52. The molecular weight excluding hydrogens is 220 g/mol. The highest BCUT2D eigenvalue weighted by Crippen LogP contribution is 2.28. The molecule has 92 valence electrons. The van der Waals surface area contributed by atoms with Crippen molar-refractivity contribution >= 4 is 5.71 Å². The highest BCUT2D eigenvalue weighted by molar-refractivity contribution is 6.03. The molecule has 2 N–H and O–H groups in total. The fraction of sp³-hybridized carbons (Fsp3) is 0.417. The van der Waals surface area contributed by atoms with E-state index in [9.17, 15) is 0 Å². The van der Waals surface area contributed by atoms with Gasteiger partial charge in [0.1, 0.15) is 17.6 Å². The van der Waals surface area contributed by atoms with Crippen molar-refractivity contribution in [3.8, 4) is 11.5 Å². The number of nitrogens with zero attached hydrogens (tertiary/aromatic N) is 1. The van der Waals surface area contributed by atoms with E-state index in [1.165, 1.54) is 0 Å². The minimum atomic E-state index is -0.0408. The molecule has 1 atom stereocenters. The summed E-state index contributed by atoms with van der Waals surface area (Å²) >= 11 is 0. The standard InChI is InChI=1S/C12H16N2O3/c1-15-8-3-4-12(16-2)10(5-8)11-6-9(7-13)17-14-11/h3-5,9H,6-7,13H2,1-2H3. The fourth-order valence-corrected chi connectivity index (χ4v) is 1.75. The molecule has 1 aromatic carbocycles. The molecule has 0 spiro atoms. The summed E-state index contributed by atoms with van der Waals surface area (Å²) in [6, 6.07) is 5.59. The number of rotatable bonds is 4. The first kappa shape index (κ1) is 11.7. The van der Waals surface area contributed by atoms with Crippen LogP contribution in [-0.2, 0) is 4.84 Å². The van der Waals surface area contributed by atoms with Gasteiger partial charge in [-0.25, -0.2) is 0 Å². The Bertz CT molecular complexity index is 432. The molecule has 1 aromatic rings. The van der Waals surface area contributed by atoms with Crippen molar-refractivity contribution in [1.29, 1.82) is 0 Å². The van der Waals surface area contributed by atoms with Crippen LogP contribution in [0.3, 0.4) is 0 Å². The molecule has 1 aliphatic rings. The Morgan fingerprint density at radius 1 is 1.41 bits per heavy atom. The third-order valence-corrected chi connectivity index (χ3v) is 2.71. The van der Waals surface area contributed by atoms with Crippen LogP contribution in [0.1, 0.15) is 12.0 Å². The van der Waals surface area contributed by atoms with Gasteiger partial charge in [-0.1, -0.05) is 5.16 Å². The number of methoxy groups -OCH3 is 2. The monoisotopic (exact) mass is 236 g/mol. The second-order valence-electron chi connectivity index (χ2n) is 3.77. The van der Waals surface area contributed by atoms with E-state index in [1.807, 2.05) is 18.2 Å². The smallest absolute Gasteiger partial charge is 0.145 e. The average molecular weight is 236 g/mol. The first-order valence-corrected chi connectivity index (χ1v) is 5.43. The Labute approximate surface area is 100 Å². The van der Waals surface area contributed by atoms with E-state index in [1.54, 1.807) is 14.2 Å². The Hall–Kier alpha value is -1.75. The van der Waals surface area contributed by atoms with Crippen molar-refractivity contribution in [1.82, 2.24) is 0 Å². The molecular formula is C12H16N2O3. The highest BCUT2D eigenvalue weighted by Gasteiger charge is 2.23. The maximum Gasteiger partial charge on any atom is 0.145 e. The van der Waals surface area contributed by atoms with Crippen LogP contribution < -0.4 is 15.2 Å². The molecule has 0 aromatic heterocycles. The predicted octanol–water partition coefficient (Wildman–Crippen LogP) is 1.16. The van der Waals surface area contributed by atoms with Crippen LogP contribution >= 0.6 is 0 Å². The van der Waals surface area contributed by atoms with Crippen LogP contribution in [-0.4, -0.2) is 32.6 Å². The zero-order chi connectivity index (χ0) is 12.3. The summed E-state index contributed by atoms with van der Waals surface area (Å²) in [6.45, 7) is 0.458. The molecule has 1 unspecified atom stereocenters. The Kier molecular flexibility index (Phi) is 3.49.